The summed E-state index contributed by atoms with van der Waals surface area (Å²) >= 11 is 5.86. The van der Waals surface area contributed by atoms with E-state index < -0.39 is 0 Å². The van der Waals surface area contributed by atoms with E-state index in [1.807, 2.05) is 31.2 Å². The molecule has 0 fully saturated rings. The molecule has 0 aliphatic carbocycles. The van der Waals surface area contributed by atoms with Crippen molar-refractivity contribution in [3.05, 3.63) is 59.1 Å². The van der Waals surface area contributed by atoms with E-state index in [0.29, 0.717) is 17.3 Å². The zero-order chi connectivity index (χ0) is 19.5. The fourth-order valence-corrected chi connectivity index (χ4v) is 2.35. The van der Waals surface area contributed by atoms with E-state index in [4.69, 9.17) is 16.3 Å². The quantitative estimate of drug-likeness (QED) is 0.504. The molecule has 2 aromatic carbocycles. The number of nitrogens with zero attached hydrogens (tertiary/aromatic N) is 1. The minimum atomic E-state index is -0.342. The number of ether oxygens (including phenoxy) is 1. The highest BCUT2D eigenvalue weighted by atomic mass is 35.5. The van der Waals surface area contributed by atoms with Crippen molar-refractivity contribution >= 4 is 35.3 Å². The van der Waals surface area contributed by atoms with Gasteiger partial charge in [0, 0.05) is 23.6 Å². The first-order chi connectivity index (χ1) is 13.1. The first kappa shape index (κ1) is 20.5. The van der Waals surface area contributed by atoms with Gasteiger partial charge in [-0.3, -0.25) is 9.59 Å². The lowest BCUT2D eigenvalue weighted by molar-refractivity contribution is -0.124. The van der Waals surface area contributed by atoms with Gasteiger partial charge in [0.1, 0.15) is 5.75 Å². The maximum absolute atomic E-state index is 11.9. The Morgan fingerprint density at radius 3 is 2.67 bits per heavy atom. The van der Waals surface area contributed by atoms with Gasteiger partial charge in [0.15, 0.2) is 0 Å². The fourth-order valence-electron chi connectivity index (χ4n) is 2.16. The molecule has 0 spiro atoms. The number of carbonyl (C=O) groups excluding carboxylic acids is 2. The lowest BCUT2D eigenvalue weighted by Crippen LogP contribution is -2.20. The van der Waals surface area contributed by atoms with Crippen LogP contribution in [-0.4, -0.2) is 24.6 Å². The highest BCUT2D eigenvalue weighted by molar-refractivity contribution is 6.30. The predicted molar refractivity (Wildman–Crippen MR) is 107 cm³/mol. The molecule has 27 heavy (non-hydrogen) atoms. The molecule has 0 heterocycles. The van der Waals surface area contributed by atoms with Gasteiger partial charge < -0.3 is 10.1 Å². The summed E-state index contributed by atoms with van der Waals surface area (Å²) in [7, 11) is 0. The summed E-state index contributed by atoms with van der Waals surface area (Å²) in [5.41, 5.74) is 3.81. The number of nitrogens with one attached hydrogen (secondary N) is 2. The summed E-state index contributed by atoms with van der Waals surface area (Å²) in [4.78, 5) is 23.7. The number of hydrogen-bond donors (Lipinski definition) is 2. The normalized spacial score (nSPS) is 10.6. The Hall–Kier alpha value is -2.86. The summed E-state index contributed by atoms with van der Waals surface area (Å²) in [6, 6.07) is 14.2. The van der Waals surface area contributed by atoms with Gasteiger partial charge in [0.2, 0.25) is 11.8 Å². The fraction of sp³-hybridized carbons (Fsp3) is 0.250. The molecule has 0 aliphatic rings. The van der Waals surface area contributed by atoms with Gasteiger partial charge in [-0.05, 0) is 42.3 Å². The summed E-state index contributed by atoms with van der Waals surface area (Å²) < 4.78 is 5.54. The van der Waals surface area contributed by atoms with Crippen molar-refractivity contribution in [1.82, 2.24) is 5.43 Å². The van der Waals surface area contributed by atoms with Crippen LogP contribution in [0, 0.1) is 0 Å². The Balaban J connectivity index is 1.74. The molecule has 0 unspecified atom stereocenters. The van der Waals surface area contributed by atoms with Crippen molar-refractivity contribution < 1.29 is 14.3 Å². The lowest BCUT2D eigenvalue weighted by Gasteiger charge is -2.05. The molecule has 0 bridgehead atoms. The molecule has 2 N–H and O–H groups in total. The molecule has 2 rings (SSSR count). The van der Waals surface area contributed by atoms with Gasteiger partial charge in [-0.25, -0.2) is 5.43 Å². The SMILES string of the molecule is CCCOc1cccc(C=NNC(=O)CCC(=O)Nc2cccc(Cl)c2)c1. The summed E-state index contributed by atoms with van der Waals surface area (Å²) in [5.74, 6) is 0.146. The number of rotatable bonds is 9. The predicted octanol–water partition coefficient (Wildman–Crippen LogP) is 4.00. The monoisotopic (exact) mass is 387 g/mol. The van der Waals surface area contributed by atoms with Crippen molar-refractivity contribution in [3.8, 4) is 5.75 Å². The third-order valence-corrected chi connectivity index (χ3v) is 3.66. The van der Waals surface area contributed by atoms with Gasteiger partial charge in [0.05, 0.1) is 12.8 Å². The van der Waals surface area contributed by atoms with Crippen LogP contribution in [0.1, 0.15) is 31.7 Å². The molecule has 2 aromatic rings. The average Bonchev–Trinajstić information content (AvgIpc) is 2.65. The number of carbonyl (C=O) groups is 2. The number of hydrogen-bond acceptors (Lipinski definition) is 4. The smallest absolute Gasteiger partial charge is 0.240 e. The molecule has 0 saturated carbocycles. The lowest BCUT2D eigenvalue weighted by atomic mass is 10.2. The van der Waals surface area contributed by atoms with Crippen LogP contribution in [0.2, 0.25) is 5.02 Å². The molecule has 142 valence electrons. The van der Waals surface area contributed by atoms with Crippen LogP contribution < -0.4 is 15.5 Å². The second-order valence-corrected chi connectivity index (χ2v) is 6.21. The molecule has 2 amide bonds. The van der Waals surface area contributed by atoms with Crippen molar-refractivity contribution in [2.24, 2.45) is 5.10 Å². The molecule has 0 saturated heterocycles. The van der Waals surface area contributed by atoms with Crippen LogP contribution in [0.4, 0.5) is 5.69 Å². The highest BCUT2D eigenvalue weighted by Crippen LogP contribution is 2.15. The number of hydrazone groups is 1. The zero-order valence-electron chi connectivity index (χ0n) is 15.1. The zero-order valence-corrected chi connectivity index (χ0v) is 15.8. The van der Waals surface area contributed by atoms with E-state index in [1.165, 1.54) is 6.21 Å². The topological polar surface area (TPSA) is 79.8 Å². The second-order valence-electron chi connectivity index (χ2n) is 5.77. The standard InChI is InChI=1S/C20H22ClN3O3/c1-2-11-27-18-8-3-5-15(12-18)14-22-24-20(26)10-9-19(25)23-17-7-4-6-16(21)13-17/h3-8,12-14H,2,9-11H2,1H3,(H,23,25)(H,24,26). The Morgan fingerprint density at radius 1 is 1.11 bits per heavy atom. The molecule has 7 heteroatoms. The highest BCUT2D eigenvalue weighted by Gasteiger charge is 2.07. The Morgan fingerprint density at radius 2 is 1.89 bits per heavy atom. The molecular formula is C20H22ClN3O3. The van der Waals surface area contributed by atoms with Gasteiger partial charge in [0.25, 0.3) is 0 Å². The van der Waals surface area contributed by atoms with E-state index in [-0.39, 0.29) is 24.7 Å². The van der Waals surface area contributed by atoms with Crippen LogP contribution in [0.5, 0.6) is 5.75 Å². The first-order valence-electron chi connectivity index (χ1n) is 8.67. The number of anilines is 1. The first-order valence-corrected chi connectivity index (χ1v) is 9.05. The van der Waals surface area contributed by atoms with E-state index in [2.05, 4.69) is 15.8 Å². The van der Waals surface area contributed by atoms with Crippen molar-refractivity contribution in [2.45, 2.75) is 26.2 Å². The van der Waals surface area contributed by atoms with Crippen LogP contribution in [0.25, 0.3) is 0 Å². The Labute approximate surface area is 163 Å². The molecule has 0 radical (unpaired) electrons. The van der Waals surface area contributed by atoms with E-state index in [1.54, 1.807) is 24.3 Å². The van der Waals surface area contributed by atoms with Gasteiger partial charge in [-0.1, -0.05) is 36.7 Å². The number of amides is 2. The van der Waals surface area contributed by atoms with Crippen LogP contribution in [0.3, 0.4) is 0 Å². The van der Waals surface area contributed by atoms with Crippen molar-refractivity contribution in [1.29, 1.82) is 0 Å². The summed E-state index contributed by atoms with van der Waals surface area (Å²) in [5, 5.41) is 7.13. The van der Waals surface area contributed by atoms with Gasteiger partial charge >= 0.3 is 0 Å². The molecule has 0 aromatic heterocycles. The van der Waals surface area contributed by atoms with E-state index in [0.717, 1.165) is 17.7 Å². The van der Waals surface area contributed by atoms with Crippen molar-refractivity contribution in [3.63, 3.8) is 0 Å². The molecule has 6 nitrogen and oxygen atoms in total. The van der Waals surface area contributed by atoms with E-state index in [9.17, 15) is 9.59 Å². The largest absolute Gasteiger partial charge is 0.494 e. The van der Waals surface area contributed by atoms with Crippen LogP contribution in [0.15, 0.2) is 53.6 Å². The third-order valence-electron chi connectivity index (χ3n) is 3.42. The maximum Gasteiger partial charge on any atom is 0.240 e. The summed E-state index contributed by atoms with van der Waals surface area (Å²) in [6.07, 6.45) is 2.54. The minimum absolute atomic E-state index is 0.0311. The van der Waals surface area contributed by atoms with Crippen LogP contribution >= 0.6 is 11.6 Å². The van der Waals surface area contributed by atoms with Gasteiger partial charge in [-0.2, -0.15) is 5.10 Å². The number of halogens is 1. The number of benzene rings is 2. The van der Waals surface area contributed by atoms with Crippen LogP contribution in [-0.2, 0) is 9.59 Å². The van der Waals surface area contributed by atoms with Crippen molar-refractivity contribution in [2.75, 3.05) is 11.9 Å². The molecular weight excluding hydrogens is 366 g/mol. The second kappa shape index (κ2) is 11.0. The van der Waals surface area contributed by atoms with E-state index >= 15 is 0 Å². The summed E-state index contributed by atoms with van der Waals surface area (Å²) in [6.45, 7) is 2.69. The Bertz CT molecular complexity index is 809. The average molecular weight is 388 g/mol. The molecule has 0 atom stereocenters. The molecule has 0 aliphatic heterocycles. The third kappa shape index (κ3) is 7.92. The minimum Gasteiger partial charge on any atom is -0.494 e. The van der Waals surface area contributed by atoms with Gasteiger partial charge in [-0.15, -0.1) is 0 Å². The maximum atomic E-state index is 11.9. The Kier molecular flexibility index (Phi) is 8.32.